The van der Waals surface area contributed by atoms with Crippen molar-refractivity contribution in [2.75, 3.05) is 13.1 Å². The summed E-state index contributed by atoms with van der Waals surface area (Å²) in [5.41, 5.74) is 4.36. The third-order valence-electron chi connectivity index (χ3n) is 5.45. The smallest absolute Gasteiger partial charge is 0.254 e. The summed E-state index contributed by atoms with van der Waals surface area (Å²) in [5.74, 6) is 0.112. The quantitative estimate of drug-likeness (QED) is 0.701. The summed E-state index contributed by atoms with van der Waals surface area (Å²) in [7, 11) is 0. The van der Waals surface area contributed by atoms with Gasteiger partial charge >= 0.3 is 0 Å². The van der Waals surface area contributed by atoms with Crippen molar-refractivity contribution >= 4 is 5.91 Å². The molecule has 0 atom stereocenters. The molecule has 0 N–H and O–H groups in total. The molecule has 2 aromatic heterocycles. The Bertz CT molecular complexity index is 956. The van der Waals surface area contributed by atoms with Crippen LogP contribution < -0.4 is 0 Å². The molecule has 1 aliphatic heterocycles. The van der Waals surface area contributed by atoms with Gasteiger partial charge in [0.15, 0.2) is 0 Å². The summed E-state index contributed by atoms with van der Waals surface area (Å²) in [6.45, 7) is 1.83. The maximum Gasteiger partial charge on any atom is 0.254 e. The van der Waals surface area contributed by atoms with Gasteiger partial charge in [-0.05, 0) is 48.9 Å². The highest BCUT2D eigenvalue weighted by molar-refractivity contribution is 5.95. The van der Waals surface area contributed by atoms with Crippen LogP contribution in [0, 0.1) is 0 Å². The fraction of sp³-hybridized carbons (Fsp3) is 0.421. The Balaban J connectivity index is 1.22. The average Bonchev–Trinajstić information content (AvgIpc) is 3.33. The number of benzene rings is 1. The second-order valence-electron chi connectivity index (χ2n) is 7.30. The van der Waals surface area contributed by atoms with Gasteiger partial charge in [-0.2, -0.15) is 15.0 Å². The van der Waals surface area contributed by atoms with Crippen LogP contribution in [0.5, 0.6) is 0 Å². The Hall–Kier alpha value is -3.03. The molecule has 2 aliphatic rings. The number of amides is 1. The van der Waals surface area contributed by atoms with Crippen LogP contribution >= 0.6 is 0 Å². The van der Waals surface area contributed by atoms with Crippen molar-refractivity contribution in [3.63, 3.8) is 0 Å². The van der Waals surface area contributed by atoms with E-state index in [0.717, 1.165) is 24.1 Å². The maximum atomic E-state index is 12.8. The van der Waals surface area contributed by atoms with E-state index in [0.29, 0.717) is 19.6 Å². The van der Waals surface area contributed by atoms with Crippen LogP contribution in [-0.4, -0.2) is 53.9 Å². The van der Waals surface area contributed by atoms with Crippen molar-refractivity contribution in [1.29, 1.82) is 0 Å². The van der Waals surface area contributed by atoms with Crippen LogP contribution in [0.1, 0.15) is 46.1 Å². The molecule has 1 amide bonds. The van der Waals surface area contributed by atoms with E-state index in [-0.39, 0.29) is 11.9 Å². The first kappa shape index (κ1) is 16.2. The third kappa shape index (κ3) is 3.11. The fourth-order valence-corrected chi connectivity index (χ4v) is 3.87. The summed E-state index contributed by atoms with van der Waals surface area (Å²) in [4.78, 5) is 16.2. The molecule has 1 aromatic carbocycles. The lowest BCUT2D eigenvalue weighted by Crippen LogP contribution is -2.50. The minimum atomic E-state index is 0.112. The SMILES string of the molecule is O=C(c1ccc2c(c1)CCCC2)N1CC(n2cc(Cn3nccn3)nn2)C1. The van der Waals surface area contributed by atoms with Crippen LogP contribution in [0.4, 0.5) is 0 Å². The summed E-state index contributed by atoms with van der Waals surface area (Å²) >= 11 is 0. The molecule has 5 rings (SSSR count). The van der Waals surface area contributed by atoms with Crippen molar-refractivity contribution in [3.05, 3.63) is 59.2 Å². The summed E-state index contributed by atoms with van der Waals surface area (Å²) in [6.07, 6.45) is 9.89. The van der Waals surface area contributed by atoms with E-state index in [9.17, 15) is 4.79 Å². The molecule has 8 nitrogen and oxygen atoms in total. The second-order valence-corrected chi connectivity index (χ2v) is 7.30. The molecular weight excluding hydrogens is 342 g/mol. The molecule has 3 aromatic rings. The van der Waals surface area contributed by atoms with E-state index in [2.05, 4.69) is 32.6 Å². The maximum absolute atomic E-state index is 12.8. The minimum Gasteiger partial charge on any atom is -0.334 e. The highest BCUT2D eigenvalue weighted by Crippen LogP contribution is 2.26. The molecule has 8 heteroatoms. The van der Waals surface area contributed by atoms with Crippen molar-refractivity contribution in [3.8, 4) is 0 Å². The molecule has 138 valence electrons. The van der Waals surface area contributed by atoms with Gasteiger partial charge in [-0.25, -0.2) is 4.68 Å². The highest BCUT2D eigenvalue weighted by Gasteiger charge is 2.33. The first-order valence-corrected chi connectivity index (χ1v) is 9.42. The number of aromatic nitrogens is 6. The van der Waals surface area contributed by atoms with Crippen molar-refractivity contribution in [2.24, 2.45) is 0 Å². The molecule has 0 unspecified atom stereocenters. The molecule has 1 saturated heterocycles. The second kappa shape index (κ2) is 6.61. The monoisotopic (exact) mass is 363 g/mol. The Labute approximate surface area is 156 Å². The van der Waals surface area contributed by atoms with Gasteiger partial charge in [0, 0.05) is 18.7 Å². The zero-order valence-electron chi connectivity index (χ0n) is 15.0. The molecule has 1 aliphatic carbocycles. The van der Waals surface area contributed by atoms with Gasteiger partial charge in [-0.3, -0.25) is 4.79 Å². The number of hydrogen-bond donors (Lipinski definition) is 0. The minimum absolute atomic E-state index is 0.112. The van der Waals surface area contributed by atoms with Gasteiger partial charge in [-0.1, -0.05) is 11.3 Å². The predicted octanol–water partition coefficient (Wildman–Crippen LogP) is 1.49. The van der Waals surface area contributed by atoms with Crippen LogP contribution in [-0.2, 0) is 19.4 Å². The standard InChI is InChI=1S/C19H21N7O/c27-19(16-6-5-14-3-1-2-4-15(14)9-16)24-12-18(13-24)25-10-17(22-23-25)11-26-20-7-8-21-26/h5-10,18H,1-4,11-13H2. The third-order valence-corrected chi connectivity index (χ3v) is 5.45. The van der Waals surface area contributed by atoms with Gasteiger partial charge < -0.3 is 4.90 Å². The molecule has 1 fully saturated rings. The predicted molar refractivity (Wildman–Crippen MR) is 97.2 cm³/mol. The lowest BCUT2D eigenvalue weighted by atomic mass is 9.90. The molecule has 0 bridgehead atoms. The van der Waals surface area contributed by atoms with Crippen LogP contribution in [0.3, 0.4) is 0 Å². The number of carbonyl (C=O) groups is 1. The van der Waals surface area contributed by atoms with Crippen molar-refractivity contribution in [2.45, 2.75) is 38.3 Å². The van der Waals surface area contributed by atoms with Crippen LogP contribution in [0.2, 0.25) is 0 Å². The Morgan fingerprint density at radius 3 is 2.67 bits per heavy atom. The Morgan fingerprint density at radius 1 is 1.07 bits per heavy atom. The van der Waals surface area contributed by atoms with E-state index in [1.54, 1.807) is 17.2 Å². The number of aryl methyl sites for hydroxylation is 2. The largest absolute Gasteiger partial charge is 0.334 e. The molecule has 27 heavy (non-hydrogen) atoms. The van der Waals surface area contributed by atoms with Crippen LogP contribution in [0.25, 0.3) is 0 Å². The van der Waals surface area contributed by atoms with Gasteiger partial charge in [0.1, 0.15) is 12.2 Å². The zero-order chi connectivity index (χ0) is 18.2. The lowest BCUT2D eigenvalue weighted by molar-refractivity contribution is 0.0498. The number of carbonyl (C=O) groups excluding carboxylic acids is 1. The Morgan fingerprint density at radius 2 is 1.85 bits per heavy atom. The lowest BCUT2D eigenvalue weighted by Gasteiger charge is -2.39. The number of rotatable bonds is 4. The van der Waals surface area contributed by atoms with E-state index in [1.165, 1.54) is 24.0 Å². The number of likely N-dealkylation sites (tertiary alicyclic amines) is 1. The molecule has 0 saturated carbocycles. The first-order valence-electron chi connectivity index (χ1n) is 9.42. The van der Waals surface area contributed by atoms with E-state index in [1.807, 2.05) is 21.8 Å². The molecular formula is C19H21N7O. The van der Waals surface area contributed by atoms with Gasteiger partial charge in [0.2, 0.25) is 0 Å². The van der Waals surface area contributed by atoms with E-state index < -0.39 is 0 Å². The van der Waals surface area contributed by atoms with Gasteiger partial charge in [0.25, 0.3) is 5.91 Å². The first-order chi connectivity index (χ1) is 13.3. The van der Waals surface area contributed by atoms with Gasteiger partial charge in [0.05, 0.1) is 24.6 Å². The highest BCUT2D eigenvalue weighted by atomic mass is 16.2. The molecule has 3 heterocycles. The summed E-state index contributed by atoms with van der Waals surface area (Å²) in [6, 6.07) is 6.38. The van der Waals surface area contributed by atoms with Gasteiger partial charge in [-0.15, -0.1) is 5.10 Å². The fourth-order valence-electron chi connectivity index (χ4n) is 3.87. The number of fused-ring (bicyclic) bond motifs is 1. The van der Waals surface area contributed by atoms with Crippen molar-refractivity contribution < 1.29 is 4.79 Å². The van der Waals surface area contributed by atoms with Crippen LogP contribution in [0.15, 0.2) is 36.8 Å². The van der Waals surface area contributed by atoms with E-state index >= 15 is 0 Å². The number of hydrogen-bond acceptors (Lipinski definition) is 5. The Kier molecular flexibility index (Phi) is 3.95. The zero-order valence-corrected chi connectivity index (χ0v) is 15.0. The van der Waals surface area contributed by atoms with Crippen molar-refractivity contribution in [1.82, 2.24) is 34.9 Å². The molecule has 0 spiro atoms. The molecule has 0 radical (unpaired) electrons. The van der Waals surface area contributed by atoms with E-state index in [4.69, 9.17) is 0 Å². The average molecular weight is 363 g/mol. The summed E-state index contributed by atoms with van der Waals surface area (Å²) < 4.78 is 1.84. The normalized spacial score (nSPS) is 16.8. The summed E-state index contributed by atoms with van der Waals surface area (Å²) in [5, 5.41) is 16.5. The topological polar surface area (TPSA) is 81.7 Å². The number of nitrogens with zero attached hydrogens (tertiary/aromatic N) is 7.